The van der Waals surface area contributed by atoms with Crippen molar-refractivity contribution in [1.82, 2.24) is 15.5 Å². The highest BCUT2D eigenvalue weighted by atomic mass is 16.2. The van der Waals surface area contributed by atoms with Gasteiger partial charge in [-0.25, -0.2) is 0 Å². The maximum atomic E-state index is 11.6. The van der Waals surface area contributed by atoms with E-state index in [1.165, 1.54) is 0 Å². The fourth-order valence-electron chi connectivity index (χ4n) is 2.17. The topological polar surface area (TPSA) is 61.4 Å². The summed E-state index contributed by atoms with van der Waals surface area (Å²) in [5.41, 5.74) is 1.14. The van der Waals surface area contributed by atoms with Crippen molar-refractivity contribution in [2.24, 2.45) is 0 Å². The van der Waals surface area contributed by atoms with Gasteiger partial charge in [0.25, 0.3) is 0 Å². The zero-order valence-corrected chi connectivity index (χ0v) is 13.6. The van der Waals surface area contributed by atoms with E-state index in [9.17, 15) is 9.59 Å². The van der Waals surface area contributed by atoms with E-state index in [0.29, 0.717) is 13.1 Å². The van der Waals surface area contributed by atoms with Gasteiger partial charge >= 0.3 is 11.8 Å². The Morgan fingerprint density at radius 2 is 1.55 bits per heavy atom. The van der Waals surface area contributed by atoms with Gasteiger partial charge in [0, 0.05) is 13.1 Å². The Morgan fingerprint density at radius 3 is 2.14 bits per heavy atom. The molecule has 0 spiro atoms. The van der Waals surface area contributed by atoms with Gasteiger partial charge in [-0.1, -0.05) is 44.2 Å². The Morgan fingerprint density at radius 1 is 0.955 bits per heavy atom. The van der Waals surface area contributed by atoms with Gasteiger partial charge in [-0.05, 0) is 38.0 Å². The molecule has 0 bridgehead atoms. The van der Waals surface area contributed by atoms with Crippen molar-refractivity contribution in [2.45, 2.75) is 26.7 Å². The average molecular weight is 305 g/mol. The van der Waals surface area contributed by atoms with Gasteiger partial charge in [-0.2, -0.15) is 0 Å². The summed E-state index contributed by atoms with van der Waals surface area (Å²) < 4.78 is 0. The van der Waals surface area contributed by atoms with Crippen molar-refractivity contribution >= 4 is 11.8 Å². The number of amides is 2. The predicted octanol–water partition coefficient (Wildman–Crippen LogP) is 1.19. The van der Waals surface area contributed by atoms with E-state index in [4.69, 9.17) is 0 Å². The molecule has 0 fully saturated rings. The summed E-state index contributed by atoms with van der Waals surface area (Å²) in [6, 6.07) is 9.87. The lowest BCUT2D eigenvalue weighted by molar-refractivity contribution is -0.139. The largest absolute Gasteiger partial charge is 0.348 e. The fourth-order valence-corrected chi connectivity index (χ4v) is 2.17. The van der Waals surface area contributed by atoms with Gasteiger partial charge in [0.15, 0.2) is 0 Å². The summed E-state index contributed by atoms with van der Waals surface area (Å²) in [7, 11) is 0. The minimum absolute atomic E-state index is 0.468. The summed E-state index contributed by atoms with van der Waals surface area (Å²) in [6.45, 7) is 8.17. The number of benzene rings is 1. The van der Waals surface area contributed by atoms with E-state index in [1.807, 2.05) is 30.3 Å². The predicted molar refractivity (Wildman–Crippen MR) is 88.6 cm³/mol. The summed E-state index contributed by atoms with van der Waals surface area (Å²) in [5.74, 6) is -1.11. The summed E-state index contributed by atoms with van der Waals surface area (Å²) in [6.07, 6.45) is 1.58. The average Bonchev–Trinajstić information content (AvgIpc) is 2.55. The van der Waals surface area contributed by atoms with E-state index in [2.05, 4.69) is 29.4 Å². The van der Waals surface area contributed by atoms with E-state index < -0.39 is 11.8 Å². The molecule has 0 atom stereocenters. The first-order chi connectivity index (χ1) is 10.7. The molecule has 0 heterocycles. The van der Waals surface area contributed by atoms with Gasteiger partial charge in [0.05, 0.1) is 0 Å². The molecule has 0 aromatic heterocycles. The third-order valence-electron chi connectivity index (χ3n) is 3.58. The standard InChI is InChI=1S/C17H27N3O2/c1-3-20(4-2)14-8-12-18-16(21)17(22)19-13-11-15-9-6-5-7-10-15/h5-7,9-10H,3-4,8,11-14H2,1-2H3,(H,18,21)(H,19,22). The van der Waals surface area contributed by atoms with Gasteiger partial charge in [-0.3, -0.25) is 9.59 Å². The fraction of sp³-hybridized carbons (Fsp3) is 0.529. The second-order valence-electron chi connectivity index (χ2n) is 5.13. The first kappa shape index (κ1) is 18.2. The molecule has 0 unspecified atom stereocenters. The van der Waals surface area contributed by atoms with Crippen LogP contribution in [0, 0.1) is 0 Å². The Balaban J connectivity index is 2.13. The number of hydrogen-bond donors (Lipinski definition) is 2. The minimum atomic E-state index is -0.557. The molecule has 0 aliphatic carbocycles. The zero-order chi connectivity index (χ0) is 16.2. The molecule has 0 radical (unpaired) electrons. The normalized spacial score (nSPS) is 10.5. The Hall–Kier alpha value is -1.88. The number of nitrogens with one attached hydrogen (secondary N) is 2. The van der Waals surface area contributed by atoms with Crippen LogP contribution in [0.5, 0.6) is 0 Å². The third-order valence-corrected chi connectivity index (χ3v) is 3.58. The lowest BCUT2D eigenvalue weighted by Gasteiger charge is -2.17. The SMILES string of the molecule is CCN(CC)CCCNC(=O)C(=O)NCCc1ccccc1. The van der Waals surface area contributed by atoms with Crippen LogP contribution in [0.25, 0.3) is 0 Å². The van der Waals surface area contributed by atoms with Crippen molar-refractivity contribution in [2.75, 3.05) is 32.7 Å². The van der Waals surface area contributed by atoms with Crippen LogP contribution in [-0.2, 0) is 16.0 Å². The molecule has 0 aliphatic rings. The molecule has 2 amide bonds. The van der Waals surface area contributed by atoms with E-state index >= 15 is 0 Å². The maximum Gasteiger partial charge on any atom is 0.309 e. The Bertz CT molecular complexity index is 444. The van der Waals surface area contributed by atoms with Crippen molar-refractivity contribution in [3.8, 4) is 0 Å². The Labute approximate surface area is 133 Å². The molecule has 0 aliphatic heterocycles. The summed E-state index contributed by atoms with van der Waals surface area (Å²) in [5, 5.41) is 5.30. The van der Waals surface area contributed by atoms with Crippen LogP contribution in [0.4, 0.5) is 0 Å². The second-order valence-corrected chi connectivity index (χ2v) is 5.13. The van der Waals surface area contributed by atoms with Crippen molar-refractivity contribution < 1.29 is 9.59 Å². The highest BCUT2D eigenvalue weighted by molar-refractivity contribution is 6.35. The molecular weight excluding hydrogens is 278 g/mol. The highest BCUT2D eigenvalue weighted by Gasteiger charge is 2.11. The minimum Gasteiger partial charge on any atom is -0.348 e. The monoisotopic (exact) mass is 305 g/mol. The van der Waals surface area contributed by atoms with Crippen molar-refractivity contribution in [1.29, 1.82) is 0 Å². The Kier molecular flexibility index (Phi) is 8.91. The molecular formula is C17H27N3O2. The molecule has 1 aromatic rings. The van der Waals surface area contributed by atoms with E-state index in [1.54, 1.807) is 0 Å². The second kappa shape index (κ2) is 10.8. The van der Waals surface area contributed by atoms with Crippen LogP contribution in [0.2, 0.25) is 0 Å². The van der Waals surface area contributed by atoms with Crippen molar-refractivity contribution in [3.05, 3.63) is 35.9 Å². The highest BCUT2D eigenvalue weighted by Crippen LogP contribution is 1.98. The summed E-state index contributed by atoms with van der Waals surface area (Å²) >= 11 is 0. The van der Waals surface area contributed by atoms with Gasteiger partial charge in [-0.15, -0.1) is 0 Å². The number of rotatable bonds is 9. The quantitative estimate of drug-likeness (QED) is 0.532. The van der Waals surface area contributed by atoms with Crippen LogP contribution in [-0.4, -0.2) is 49.4 Å². The lowest BCUT2D eigenvalue weighted by atomic mass is 10.1. The number of carbonyl (C=O) groups is 2. The van der Waals surface area contributed by atoms with Gasteiger partial charge in [0.1, 0.15) is 0 Å². The first-order valence-corrected chi connectivity index (χ1v) is 7.99. The molecule has 22 heavy (non-hydrogen) atoms. The van der Waals surface area contributed by atoms with Crippen molar-refractivity contribution in [3.63, 3.8) is 0 Å². The van der Waals surface area contributed by atoms with Crippen LogP contribution in [0.3, 0.4) is 0 Å². The zero-order valence-electron chi connectivity index (χ0n) is 13.6. The number of nitrogens with zero attached hydrogens (tertiary/aromatic N) is 1. The van der Waals surface area contributed by atoms with Crippen LogP contribution in [0.1, 0.15) is 25.8 Å². The lowest BCUT2D eigenvalue weighted by Crippen LogP contribution is -2.41. The molecule has 1 aromatic carbocycles. The van der Waals surface area contributed by atoms with Gasteiger partial charge < -0.3 is 15.5 Å². The van der Waals surface area contributed by atoms with Crippen LogP contribution >= 0.6 is 0 Å². The van der Waals surface area contributed by atoms with Gasteiger partial charge in [0.2, 0.25) is 0 Å². The molecule has 1 rings (SSSR count). The first-order valence-electron chi connectivity index (χ1n) is 7.99. The van der Waals surface area contributed by atoms with Crippen LogP contribution in [0.15, 0.2) is 30.3 Å². The maximum absolute atomic E-state index is 11.6. The molecule has 0 saturated heterocycles. The number of carbonyl (C=O) groups excluding carboxylic acids is 2. The van der Waals surface area contributed by atoms with E-state index in [-0.39, 0.29) is 0 Å². The molecule has 2 N–H and O–H groups in total. The third kappa shape index (κ3) is 7.22. The smallest absolute Gasteiger partial charge is 0.309 e. The molecule has 5 heteroatoms. The van der Waals surface area contributed by atoms with E-state index in [0.717, 1.165) is 38.0 Å². The molecule has 5 nitrogen and oxygen atoms in total. The molecule has 122 valence electrons. The molecule has 0 saturated carbocycles. The number of hydrogen-bond acceptors (Lipinski definition) is 3. The summed E-state index contributed by atoms with van der Waals surface area (Å²) in [4.78, 5) is 25.6. The van der Waals surface area contributed by atoms with Crippen LogP contribution < -0.4 is 10.6 Å².